The number of nitrogens with two attached hydrogens (primary N) is 1. The van der Waals surface area contributed by atoms with E-state index in [1.807, 2.05) is 19.2 Å². The molecule has 1 atom stereocenters. The fourth-order valence-electron chi connectivity index (χ4n) is 1.12. The molecule has 0 amide bonds. The molecule has 1 rings (SSSR count). The van der Waals surface area contributed by atoms with Crippen LogP contribution in [0.2, 0.25) is 0 Å². The van der Waals surface area contributed by atoms with Crippen LogP contribution in [0.4, 0.5) is 0 Å². The van der Waals surface area contributed by atoms with Crippen molar-refractivity contribution in [2.24, 2.45) is 5.73 Å². The molecule has 1 aromatic heterocycles. The summed E-state index contributed by atoms with van der Waals surface area (Å²) in [5.41, 5.74) is 5.79. The third-order valence-corrected chi connectivity index (χ3v) is 2.94. The maximum Gasteiger partial charge on any atom is 0.109 e. The summed E-state index contributed by atoms with van der Waals surface area (Å²) in [7, 11) is 1.70. The summed E-state index contributed by atoms with van der Waals surface area (Å²) in [4.78, 5) is 4.17. The number of nitrogens with zero attached hydrogens (tertiary/aromatic N) is 1. The van der Waals surface area contributed by atoms with E-state index in [0.717, 1.165) is 11.4 Å². The molecule has 0 saturated carbocycles. The van der Waals surface area contributed by atoms with Crippen LogP contribution in [0.25, 0.3) is 0 Å². The van der Waals surface area contributed by atoms with Crippen molar-refractivity contribution >= 4 is 11.3 Å². The van der Waals surface area contributed by atoms with Gasteiger partial charge in [-0.15, -0.1) is 11.3 Å². The predicted molar refractivity (Wildman–Crippen MR) is 54.7 cm³/mol. The molecule has 0 radical (unpaired) electrons. The van der Waals surface area contributed by atoms with Crippen LogP contribution in [0, 0.1) is 0 Å². The molecule has 0 aliphatic rings. The molecule has 0 aliphatic heterocycles. The Balaban J connectivity index is 2.56. The lowest BCUT2D eigenvalue weighted by Crippen LogP contribution is -2.28. The van der Waals surface area contributed by atoms with Gasteiger partial charge in [0.1, 0.15) is 5.01 Å². The molecule has 3 nitrogen and oxygen atoms in total. The molecule has 2 N–H and O–H groups in total. The van der Waals surface area contributed by atoms with Gasteiger partial charge in [-0.1, -0.05) is 0 Å². The first-order valence-corrected chi connectivity index (χ1v) is 5.13. The summed E-state index contributed by atoms with van der Waals surface area (Å²) in [6, 6.07) is -0.0186. The number of aromatic nitrogens is 1. The minimum Gasteiger partial charge on any atom is -0.379 e. The molecule has 1 unspecified atom stereocenters. The molecular weight excluding hydrogens is 184 g/mol. The van der Waals surface area contributed by atoms with Gasteiger partial charge in [0.15, 0.2) is 0 Å². The predicted octanol–water partition coefficient (Wildman–Crippen LogP) is 1.96. The van der Waals surface area contributed by atoms with Crippen molar-refractivity contribution in [2.45, 2.75) is 31.9 Å². The van der Waals surface area contributed by atoms with E-state index < -0.39 is 0 Å². The molecular formula is C9H16N2OS. The first kappa shape index (κ1) is 10.6. The van der Waals surface area contributed by atoms with Crippen molar-refractivity contribution in [2.75, 3.05) is 7.11 Å². The zero-order valence-corrected chi connectivity index (χ0v) is 9.10. The molecule has 74 valence electrons. The van der Waals surface area contributed by atoms with E-state index in [2.05, 4.69) is 4.98 Å². The summed E-state index contributed by atoms with van der Waals surface area (Å²) in [6.45, 7) is 4.06. The molecule has 1 aromatic rings. The average molecular weight is 200 g/mol. The topological polar surface area (TPSA) is 48.1 Å². The van der Waals surface area contributed by atoms with E-state index >= 15 is 0 Å². The highest BCUT2D eigenvalue weighted by Crippen LogP contribution is 2.24. The van der Waals surface area contributed by atoms with Gasteiger partial charge >= 0.3 is 0 Å². The van der Waals surface area contributed by atoms with Crippen molar-refractivity contribution in [1.82, 2.24) is 4.98 Å². The van der Waals surface area contributed by atoms with Crippen LogP contribution in [-0.2, 0) is 4.74 Å². The van der Waals surface area contributed by atoms with Crippen molar-refractivity contribution in [3.63, 3.8) is 0 Å². The molecule has 0 aromatic carbocycles. The highest BCUT2D eigenvalue weighted by molar-refractivity contribution is 7.09. The van der Waals surface area contributed by atoms with Crippen molar-refractivity contribution in [3.8, 4) is 0 Å². The molecule has 0 aliphatic carbocycles. The number of ether oxygens (including phenoxy) is 1. The maximum absolute atomic E-state index is 5.97. The van der Waals surface area contributed by atoms with Gasteiger partial charge < -0.3 is 10.5 Å². The molecule has 1 heterocycles. The average Bonchev–Trinajstić information content (AvgIpc) is 2.55. The van der Waals surface area contributed by atoms with Gasteiger partial charge in [0.25, 0.3) is 0 Å². The number of hydrogen-bond acceptors (Lipinski definition) is 4. The van der Waals surface area contributed by atoms with E-state index in [4.69, 9.17) is 10.5 Å². The lowest BCUT2D eigenvalue weighted by atomic mass is 10.00. The van der Waals surface area contributed by atoms with Crippen LogP contribution in [0.3, 0.4) is 0 Å². The van der Waals surface area contributed by atoms with Gasteiger partial charge in [0.05, 0.1) is 11.6 Å². The first-order chi connectivity index (χ1) is 6.05. The molecule has 0 spiro atoms. The Labute approximate surface area is 82.9 Å². The van der Waals surface area contributed by atoms with Crippen LogP contribution >= 0.6 is 11.3 Å². The number of thiazole rings is 1. The summed E-state index contributed by atoms with van der Waals surface area (Å²) < 4.78 is 5.30. The molecule has 0 fully saturated rings. The minimum absolute atomic E-state index is 0.0186. The van der Waals surface area contributed by atoms with E-state index in [1.54, 1.807) is 24.6 Å². The molecule has 4 heteroatoms. The number of hydrogen-bond donors (Lipinski definition) is 1. The first-order valence-electron chi connectivity index (χ1n) is 4.25. The van der Waals surface area contributed by atoms with Gasteiger partial charge in [0, 0.05) is 18.7 Å². The fraction of sp³-hybridized carbons (Fsp3) is 0.667. The smallest absolute Gasteiger partial charge is 0.109 e. The summed E-state index contributed by atoms with van der Waals surface area (Å²) in [5, 5.41) is 2.92. The molecule has 13 heavy (non-hydrogen) atoms. The van der Waals surface area contributed by atoms with E-state index in [0.29, 0.717) is 0 Å². The number of rotatable bonds is 4. The minimum atomic E-state index is -0.176. The van der Waals surface area contributed by atoms with Gasteiger partial charge in [-0.05, 0) is 20.3 Å². The van der Waals surface area contributed by atoms with E-state index in [9.17, 15) is 0 Å². The Kier molecular flexibility index (Phi) is 3.41. The maximum atomic E-state index is 5.97. The highest BCUT2D eigenvalue weighted by Gasteiger charge is 2.22. The Morgan fingerprint density at radius 1 is 1.69 bits per heavy atom. The second kappa shape index (κ2) is 4.17. The summed E-state index contributed by atoms with van der Waals surface area (Å²) in [5.74, 6) is 0. The third-order valence-electron chi connectivity index (χ3n) is 2.03. The lowest BCUT2D eigenvalue weighted by molar-refractivity contribution is 0.00994. The van der Waals surface area contributed by atoms with Gasteiger partial charge in [-0.3, -0.25) is 0 Å². The fourth-order valence-corrected chi connectivity index (χ4v) is 1.76. The quantitative estimate of drug-likeness (QED) is 0.808. The van der Waals surface area contributed by atoms with Crippen LogP contribution in [0.1, 0.15) is 31.3 Å². The zero-order valence-electron chi connectivity index (χ0n) is 8.28. The highest BCUT2D eigenvalue weighted by atomic mass is 32.1. The lowest BCUT2D eigenvalue weighted by Gasteiger charge is -2.25. The van der Waals surface area contributed by atoms with Crippen molar-refractivity contribution < 1.29 is 4.74 Å². The molecule has 0 bridgehead atoms. The standard InChI is InChI=1S/C9H16N2OS/c1-9(2,12-3)6-7(10)8-11-4-5-13-8/h4-5,7H,6,10H2,1-3H3. The van der Waals surface area contributed by atoms with Gasteiger partial charge in [-0.2, -0.15) is 0 Å². The third kappa shape index (κ3) is 3.06. The second-order valence-corrected chi connectivity index (χ2v) is 4.57. The zero-order chi connectivity index (χ0) is 9.90. The van der Waals surface area contributed by atoms with Crippen LogP contribution in [0.15, 0.2) is 11.6 Å². The Morgan fingerprint density at radius 3 is 2.85 bits per heavy atom. The van der Waals surface area contributed by atoms with Crippen LogP contribution in [0.5, 0.6) is 0 Å². The van der Waals surface area contributed by atoms with Gasteiger partial charge in [-0.25, -0.2) is 4.98 Å². The largest absolute Gasteiger partial charge is 0.379 e. The SMILES string of the molecule is COC(C)(C)CC(N)c1nccs1. The monoisotopic (exact) mass is 200 g/mol. The Morgan fingerprint density at radius 2 is 2.38 bits per heavy atom. The molecule has 0 saturated heterocycles. The number of methoxy groups -OCH3 is 1. The van der Waals surface area contributed by atoms with Crippen molar-refractivity contribution in [1.29, 1.82) is 0 Å². The van der Waals surface area contributed by atoms with E-state index in [-0.39, 0.29) is 11.6 Å². The Hall–Kier alpha value is -0.450. The second-order valence-electron chi connectivity index (χ2n) is 3.64. The van der Waals surface area contributed by atoms with Crippen LogP contribution < -0.4 is 5.73 Å². The summed E-state index contributed by atoms with van der Waals surface area (Å²) >= 11 is 1.59. The normalized spacial score (nSPS) is 14.5. The van der Waals surface area contributed by atoms with Crippen LogP contribution in [-0.4, -0.2) is 17.7 Å². The summed E-state index contributed by atoms with van der Waals surface area (Å²) in [6.07, 6.45) is 2.57. The van der Waals surface area contributed by atoms with E-state index in [1.165, 1.54) is 0 Å². The Bertz CT molecular complexity index is 246. The van der Waals surface area contributed by atoms with Crippen molar-refractivity contribution in [3.05, 3.63) is 16.6 Å². The van der Waals surface area contributed by atoms with Gasteiger partial charge in [0.2, 0.25) is 0 Å².